The van der Waals surface area contributed by atoms with Gasteiger partial charge in [0.05, 0.1) is 9.79 Å². The summed E-state index contributed by atoms with van der Waals surface area (Å²) in [4.78, 5) is 23.6. The van der Waals surface area contributed by atoms with E-state index in [2.05, 4.69) is 10.6 Å². The number of rotatable bonds is 11. The zero-order valence-corrected chi connectivity index (χ0v) is 19.7. The van der Waals surface area contributed by atoms with Gasteiger partial charge in [0.1, 0.15) is 22.6 Å². The fraction of sp³-hybridized carbons (Fsp3) is 0.300. The Morgan fingerprint density at radius 3 is 1.35 bits per heavy atom. The molecule has 2 amide bonds. The average molecular weight is 515 g/mol. The van der Waals surface area contributed by atoms with Crippen molar-refractivity contribution in [2.45, 2.75) is 35.5 Å². The summed E-state index contributed by atoms with van der Waals surface area (Å²) in [7, 11) is -8.40. The van der Waals surface area contributed by atoms with E-state index >= 15 is 0 Å². The quantitative estimate of drug-likeness (QED) is 0.225. The summed E-state index contributed by atoms with van der Waals surface area (Å²) in [5.41, 5.74) is -0.841. The number of hydrogen-bond donors (Lipinski definition) is 6. The Labute approximate surface area is 197 Å². The summed E-state index contributed by atoms with van der Waals surface area (Å²) < 4.78 is 46.5. The summed E-state index contributed by atoms with van der Waals surface area (Å²) in [6.45, 7) is 0.415. The third kappa shape index (κ3) is 7.15. The predicted molar refractivity (Wildman–Crippen MR) is 122 cm³/mol. The van der Waals surface area contributed by atoms with Crippen molar-refractivity contribution in [2.75, 3.05) is 13.1 Å². The van der Waals surface area contributed by atoms with Crippen LogP contribution in [-0.2, 0) is 20.0 Å². The van der Waals surface area contributed by atoms with Crippen molar-refractivity contribution in [3.63, 3.8) is 0 Å². The molecule has 2 aromatic carbocycles. The SMILES string of the molecule is NS(=O)(=O)c1cccc(O)c1C(=O)NCCCCCCNC(=O)c1c(O)cccc1S(N)(=O)=O. The van der Waals surface area contributed by atoms with Crippen LogP contribution in [0.5, 0.6) is 11.5 Å². The topological polar surface area (TPSA) is 219 Å². The first-order valence-electron chi connectivity index (χ1n) is 10.1. The van der Waals surface area contributed by atoms with Gasteiger partial charge in [-0.25, -0.2) is 27.1 Å². The van der Waals surface area contributed by atoms with Crippen molar-refractivity contribution in [3.05, 3.63) is 47.5 Å². The second-order valence-electron chi connectivity index (χ2n) is 7.32. The van der Waals surface area contributed by atoms with Gasteiger partial charge < -0.3 is 20.8 Å². The Morgan fingerprint density at radius 1 is 0.676 bits per heavy atom. The molecular weight excluding hydrogens is 488 g/mol. The van der Waals surface area contributed by atoms with Gasteiger partial charge in [0.25, 0.3) is 11.8 Å². The Bertz CT molecular complexity index is 1180. The number of aromatic hydroxyl groups is 2. The molecule has 0 aliphatic carbocycles. The minimum atomic E-state index is -4.20. The molecule has 34 heavy (non-hydrogen) atoms. The number of carbonyl (C=O) groups is 2. The number of unbranched alkanes of at least 4 members (excludes halogenated alkanes) is 3. The van der Waals surface area contributed by atoms with Crippen LogP contribution < -0.4 is 20.9 Å². The van der Waals surface area contributed by atoms with E-state index in [1.165, 1.54) is 24.3 Å². The standard InChI is InChI=1S/C20H26N4O8S2/c21-33(29,30)15-9-5-7-13(25)17(15)19(27)23-11-3-1-2-4-12-24-20(28)18-14(26)8-6-10-16(18)34(22,31)32/h5-10,25-26H,1-4,11-12H2,(H,23,27)(H,24,28)(H2,21,29,30)(H2,22,31,32). The number of hydrogen-bond acceptors (Lipinski definition) is 8. The van der Waals surface area contributed by atoms with Crippen LogP contribution in [0.1, 0.15) is 46.4 Å². The number of sulfonamides is 2. The normalized spacial score (nSPS) is 11.7. The highest BCUT2D eigenvalue weighted by atomic mass is 32.2. The third-order valence-corrected chi connectivity index (χ3v) is 6.66. The van der Waals surface area contributed by atoms with Gasteiger partial charge in [-0.05, 0) is 37.1 Å². The van der Waals surface area contributed by atoms with Gasteiger partial charge in [-0.3, -0.25) is 9.59 Å². The van der Waals surface area contributed by atoms with Crippen LogP contribution in [0.25, 0.3) is 0 Å². The zero-order valence-electron chi connectivity index (χ0n) is 18.0. The summed E-state index contributed by atoms with van der Waals surface area (Å²) in [5, 5.41) is 34.9. The van der Waals surface area contributed by atoms with Gasteiger partial charge in [0.2, 0.25) is 20.0 Å². The number of phenols is 2. The second-order valence-corrected chi connectivity index (χ2v) is 10.4. The van der Waals surface area contributed by atoms with Crippen LogP contribution >= 0.6 is 0 Å². The molecule has 8 N–H and O–H groups in total. The van der Waals surface area contributed by atoms with Gasteiger partial charge in [-0.15, -0.1) is 0 Å². The second kappa shape index (κ2) is 11.3. The first-order valence-corrected chi connectivity index (χ1v) is 13.2. The molecule has 0 aromatic heterocycles. The molecule has 0 saturated carbocycles. The maximum absolute atomic E-state index is 12.3. The average Bonchev–Trinajstić information content (AvgIpc) is 2.73. The summed E-state index contributed by atoms with van der Waals surface area (Å²) in [6, 6.07) is 7.13. The maximum atomic E-state index is 12.3. The first-order chi connectivity index (χ1) is 15.8. The van der Waals surface area contributed by atoms with Gasteiger partial charge >= 0.3 is 0 Å². The van der Waals surface area contributed by atoms with E-state index in [4.69, 9.17) is 10.3 Å². The highest BCUT2D eigenvalue weighted by Crippen LogP contribution is 2.25. The fourth-order valence-corrected chi connectivity index (χ4v) is 4.65. The molecule has 186 valence electrons. The molecule has 14 heteroatoms. The van der Waals surface area contributed by atoms with Crippen molar-refractivity contribution in [2.24, 2.45) is 10.3 Å². The van der Waals surface area contributed by atoms with Gasteiger partial charge in [0.15, 0.2) is 0 Å². The van der Waals surface area contributed by atoms with Crippen LogP contribution in [0.15, 0.2) is 46.2 Å². The smallest absolute Gasteiger partial charge is 0.256 e. The molecule has 0 spiro atoms. The van der Waals surface area contributed by atoms with Crippen molar-refractivity contribution < 1.29 is 36.6 Å². The van der Waals surface area contributed by atoms with Crippen LogP contribution in [0.2, 0.25) is 0 Å². The minimum Gasteiger partial charge on any atom is -0.507 e. The molecule has 0 atom stereocenters. The number of nitrogens with one attached hydrogen (secondary N) is 2. The van der Waals surface area contributed by atoms with Gasteiger partial charge in [-0.2, -0.15) is 0 Å². The van der Waals surface area contributed by atoms with Crippen molar-refractivity contribution in [1.29, 1.82) is 0 Å². The van der Waals surface area contributed by atoms with Crippen molar-refractivity contribution >= 4 is 31.9 Å². The molecule has 0 saturated heterocycles. The largest absolute Gasteiger partial charge is 0.507 e. The molecule has 0 unspecified atom stereocenters. The van der Waals surface area contributed by atoms with Crippen molar-refractivity contribution in [1.82, 2.24) is 10.6 Å². The molecule has 0 fully saturated rings. The van der Waals surface area contributed by atoms with Crippen LogP contribution in [0.4, 0.5) is 0 Å². The maximum Gasteiger partial charge on any atom is 0.256 e. The fourth-order valence-electron chi connectivity index (χ4n) is 3.15. The first kappa shape index (κ1) is 27.0. The van der Waals surface area contributed by atoms with Crippen molar-refractivity contribution in [3.8, 4) is 11.5 Å². The summed E-state index contributed by atoms with van der Waals surface area (Å²) in [6.07, 6.45) is 2.37. The number of phenolic OH excluding ortho intramolecular Hbond substituents is 2. The van der Waals surface area contributed by atoms with E-state index < -0.39 is 64.3 Å². The van der Waals surface area contributed by atoms with Crippen LogP contribution in [0, 0.1) is 0 Å². The number of primary sulfonamides is 2. The lowest BCUT2D eigenvalue weighted by Gasteiger charge is -2.11. The molecule has 12 nitrogen and oxygen atoms in total. The Balaban J connectivity index is 1.77. The predicted octanol–water partition coefficient (Wildman–Crippen LogP) is 0.113. The molecule has 0 aliphatic heterocycles. The molecule has 0 bridgehead atoms. The van der Waals surface area contributed by atoms with E-state index in [0.717, 1.165) is 12.1 Å². The molecular formula is C20H26N4O8S2. The Morgan fingerprint density at radius 2 is 1.03 bits per heavy atom. The van der Waals surface area contributed by atoms with E-state index in [0.29, 0.717) is 25.7 Å². The lowest BCUT2D eigenvalue weighted by atomic mass is 10.1. The van der Waals surface area contributed by atoms with E-state index in [9.17, 15) is 36.6 Å². The number of benzene rings is 2. The minimum absolute atomic E-state index is 0.208. The molecule has 0 aliphatic rings. The van der Waals surface area contributed by atoms with E-state index in [1.807, 2.05) is 0 Å². The lowest BCUT2D eigenvalue weighted by molar-refractivity contribution is 0.0937. The lowest BCUT2D eigenvalue weighted by Crippen LogP contribution is -2.28. The molecule has 2 aromatic rings. The highest BCUT2D eigenvalue weighted by Gasteiger charge is 2.23. The summed E-state index contributed by atoms with van der Waals surface area (Å²) in [5.74, 6) is -2.56. The van der Waals surface area contributed by atoms with Crippen LogP contribution in [-0.4, -0.2) is 52.0 Å². The zero-order chi connectivity index (χ0) is 25.5. The Kier molecular flexibility index (Phi) is 8.98. The van der Waals surface area contributed by atoms with Crippen LogP contribution in [0.3, 0.4) is 0 Å². The highest BCUT2D eigenvalue weighted by molar-refractivity contribution is 7.89. The monoisotopic (exact) mass is 514 g/mol. The molecule has 2 rings (SSSR count). The Hall–Kier alpha value is -3.20. The van der Waals surface area contributed by atoms with Gasteiger partial charge in [0, 0.05) is 13.1 Å². The third-order valence-electron chi connectivity index (χ3n) is 4.75. The van der Waals surface area contributed by atoms with Gasteiger partial charge in [-0.1, -0.05) is 25.0 Å². The molecule has 0 heterocycles. The number of nitrogens with two attached hydrogens (primary N) is 2. The van der Waals surface area contributed by atoms with E-state index in [1.54, 1.807) is 0 Å². The number of amides is 2. The summed E-state index contributed by atoms with van der Waals surface area (Å²) >= 11 is 0. The molecule has 0 radical (unpaired) electrons. The number of carbonyl (C=O) groups excluding carboxylic acids is 2. The van der Waals surface area contributed by atoms with E-state index in [-0.39, 0.29) is 13.1 Å².